The SMILES string of the molecule is CNCc1c(Cl)ccc(S(=O)(=O)N(C)CCN(C)C)c1Cl. The molecule has 5 nitrogen and oxygen atoms in total. The van der Waals surface area contributed by atoms with E-state index in [-0.39, 0.29) is 9.92 Å². The van der Waals surface area contributed by atoms with Gasteiger partial charge in [0.15, 0.2) is 0 Å². The first-order valence-electron chi connectivity index (χ1n) is 6.44. The van der Waals surface area contributed by atoms with Crippen LogP contribution in [0.3, 0.4) is 0 Å². The highest BCUT2D eigenvalue weighted by molar-refractivity contribution is 7.89. The molecular formula is C13H21Cl2N3O2S. The highest BCUT2D eigenvalue weighted by Crippen LogP contribution is 2.32. The van der Waals surface area contributed by atoms with Gasteiger partial charge >= 0.3 is 0 Å². The second-order valence-electron chi connectivity index (χ2n) is 5.00. The molecule has 120 valence electrons. The van der Waals surface area contributed by atoms with Crippen molar-refractivity contribution in [2.75, 3.05) is 41.3 Å². The Labute approximate surface area is 136 Å². The quantitative estimate of drug-likeness (QED) is 0.813. The Morgan fingerprint density at radius 1 is 1.14 bits per heavy atom. The van der Waals surface area contributed by atoms with Gasteiger partial charge in [-0.25, -0.2) is 8.42 Å². The average Bonchev–Trinajstić information content (AvgIpc) is 2.40. The van der Waals surface area contributed by atoms with Crippen LogP contribution in [0.4, 0.5) is 0 Å². The Kier molecular flexibility index (Phi) is 6.90. The van der Waals surface area contributed by atoms with Crippen molar-refractivity contribution in [2.45, 2.75) is 11.4 Å². The molecule has 1 aromatic rings. The van der Waals surface area contributed by atoms with Crippen molar-refractivity contribution in [3.8, 4) is 0 Å². The zero-order valence-electron chi connectivity index (χ0n) is 12.7. The van der Waals surface area contributed by atoms with Gasteiger partial charge in [-0.05, 0) is 33.3 Å². The van der Waals surface area contributed by atoms with E-state index in [0.717, 1.165) is 0 Å². The van der Waals surface area contributed by atoms with Gasteiger partial charge in [-0.1, -0.05) is 23.2 Å². The predicted octanol–water partition coefficient (Wildman–Crippen LogP) is 1.89. The van der Waals surface area contributed by atoms with Crippen LogP contribution in [-0.4, -0.2) is 58.9 Å². The average molecular weight is 354 g/mol. The summed E-state index contributed by atoms with van der Waals surface area (Å²) in [4.78, 5) is 2.00. The summed E-state index contributed by atoms with van der Waals surface area (Å²) in [5.41, 5.74) is 0.586. The van der Waals surface area contributed by atoms with Crippen LogP contribution >= 0.6 is 23.2 Å². The Hall–Kier alpha value is -0.370. The third kappa shape index (κ3) is 4.55. The lowest BCUT2D eigenvalue weighted by atomic mass is 10.2. The summed E-state index contributed by atoms with van der Waals surface area (Å²) < 4.78 is 26.5. The van der Waals surface area contributed by atoms with Crippen molar-refractivity contribution in [3.05, 3.63) is 27.7 Å². The number of nitrogens with one attached hydrogen (secondary N) is 1. The molecule has 8 heteroatoms. The fraction of sp³-hybridized carbons (Fsp3) is 0.538. The van der Waals surface area contributed by atoms with Crippen molar-refractivity contribution in [3.63, 3.8) is 0 Å². The van der Waals surface area contributed by atoms with E-state index in [4.69, 9.17) is 23.2 Å². The van der Waals surface area contributed by atoms with Crippen molar-refractivity contribution >= 4 is 33.2 Å². The minimum atomic E-state index is -3.63. The number of hydrogen-bond acceptors (Lipinski definition) is 4. The molecule has 0 spiro atoms. The van der Waals surface area contributed by atoms with E-state index in [1.54, 1.807) is 20.2 Å². The van der Waals surface area contributed by atoms with Gasteiger partial charge in [-0.15, -0.1) is 0 Å². The van der Waals surface area contributed by atoms with Gasteiger partial charge in [0.1, 0.15) is 4.90 Å². The van der Waals surface area contributed by atoms with E-state index in [0.29, 0.717) is 30.2 Å². The Morgan fingerprint density at radius 2 is 1.76 bits per heavy atom. The highest BCUT2D eigenvalue weighted by atomic mass is 35.5. The van der Waals surface area contributed by atoms with Gasteiger partial charge in [-0.2, -0.15) is 4.31 Å². The van der Waals surface area contributed by atoms with E-state index in [9.17, 15) is 8.42 Å². The maximum atomic E-state index is 12.6. The molecule has 0 radical (unpaired) electrons. The van der Waals surface area contributed by atoms with Crippen molar-refractivity contribution in [1.29, 1.82) is 0 Å². The van der Waals surface area contributed by atoms with Crippen LogP contribution < -0.4 is 5.32 Å². The second-order valence-corrected chi connectivity index (χ2v) is 7.80. The van der Waals surface area contributed by atoms with Crippen LogP contribution in [0.2, 0.25) is 10.0 Å². The lowest BCUT2D eigenvalue weighted by Crippen LogP contribution is -2.33. The van der Waals surface area contributed by atoms with Gasteiger partial charge in [0.05, 0.1) is 5.02 Å². The maximum absolute atomic E-state index is 12.6. The lowest BCUT2D eigenvalue weighted by molar-refractivity contribution is 0.358. The first kappa shape index (κ1) is 18.7. The first-order valence-corrected chi connectivity index (χ1v) is 8.64. The zero-order valence-corrected chi connectivity index (χ0v) is 15.0. The van der Waals surface area contributed by atoms with E-state index >= 15 is 0 Å². The standard InChI is InChI=1S/C13H21Cl2N3O2S/c1-16-9-10-11(14)5-6-12(13(10)15)21(19,20)18(4)8-7-17(2)3/h5-6,16H,7-9H2,1-4H3. The normalized spacial score (nSPS) is 12.4. The molecule has 0 aliphatic rings. The monoisotopic (exact) mass is 353 g/mol. The third-order valence-electron chi connectivity index (χ3n) is 3.05. The molecule has 0 amide bonds. The molecule has 0 aliphatic heterocycles. The van der Waals surface area contributed by atoms with Crippen LogP contribution in [0.1, 0.15) is 5.56 Å². The van der Waals surface area contributed by atoms with Gasteiger partial charge in [0, 0.05) is 37.3 Å². The Balaban J connectivity index is 3.17. The van der Waals surface area contributed by atoms with Gasteiger partial charge < -0.3 is 10.2 Å². The maximum Gasteiger partial charge on any atom is 0.244 e. The molecule has 0 saturated carbocycles. The fourth-order valence-electron chi connectivity index (χ4n) is 1.74. The summed E-state index contributed by atoms with van der Waals surface area (Å²) in [5.74, 6) is 0. The Bertz CT molecular complexity index is 591. The molecule has 0 fully saturated rings. The number of sulfonamides is 1. The second kappa shape index (κ2) is 7.76. The van der Waals surface area contributed by atoms with Crippen molar-refractivity contribution in [2.24, 2.45) is 0 Å². The number of benzene rings is 1. The molecule has 0 heterocycles. The lowest BCUT2D eigenvalue weighted by Gasteiger charge is -2.21. The van der Waals surface area contributed by atoms with E-state index < -0.39 is 10.0 Å². The van der Waals surface area contributed by atoms with Gasteiger partial charge in [-0.3, -0.25) is 0 Å². The largest absolute Gasteiger partial charge is 0.316 e. The van der Waals surface area contributed by atoms with Gasteiger partial charge in [0.2, 0.25) is 10.0 Å². The van der Waals surface area contributed by atoms with Crippen molar-refractivity contribution in [1.82, 2.24) is 14.5 Å². The van der Waals surface area contributed by atoms with Crippen LogP contribution in [0.5, 0.6) is 0 Å². The van der Waals surface area contributed by atoms with E-state index in [1.165, 1.54) is 10.4 Å². The molecule has 0 atom stereocenters. The fourth-order valence-corrected chi connectivity index (χ4v) is 3.79. The van der Waals surface area contributed by atoms with Crippen LogP contribution in [0.25, 0.3) is 0 Å². The predicted molar refractivity (Wildman–Crippen MR) is 87.6 cm³/mol. The number of likely N-dealkylation sites (N-methyl/N-ethyl adjacent to an activating group) is 2. The molecule has 0 unspecified atom stereocenters. The number of rotatable bonds is 7. The number of nitrogens with zero attached hydrogens (tertiary/aromatic N) is 2. The van der Waals surface area contributed by atoms with E-state index in [1.807, 2.05) is 19.0 Å². The summed E-state index contributed by atoms with van der Waals surface area (Å²) in [6.07, 6.45) is 0. The number of hydrogen-bond donors (Lipinski definition) is 1. The minimum Gasteiger partial charge on any atom is -0.316 e. The van der Waals surface area contributed by atoms with Gasteiger partial charge in [0.25, 0.3) is 0 Å². The summed E-state index contributed by atoms with van der Waals surface area (Å²) in [7, 11) is 3.43. The summed E-state index contributed by atoms with van der Waals surface area (Å²) >= 11 is 12.3. The summed E-state index contributed by atoms with van der Waals surface area (Å²) in [5, 5.41) is 3.55. The topological polar surface area (TPSA) is 52.7 Å². The molecule has 0 aliphatic carbocycles. The molecule has 0 bridgehead atoms. The first-order chi connectivity index (χ1) is 9.71. The van der Waals surface area contributed by atoms with E-state index in [2.05, 4.69) is 5.32 Å². The van der Waals surface area contributed by atoms with Crippen LogP contribution in [-0.2, 0) is 16.6 Å². The molecule has 1 N–H and O–H groups in total. The molecular weight excluding hydrogens is 333 g/mol. The zero-order chi connectivity index (χ0) is 16.2. The molecule has 1 rings (SSSR count). The smallest absolute Gasteiger partial charge is 0.244 e. The molecule has 1 aromatic carbocycles. The molecule has 0 saturated heterocycles. The minimum absolute atomic E-state index is 0.0834. The Morgan fingerprint density at radius 3 is 2.29 bits per heavy atom. The summed E-state index contributed by atoms with van der Waals surface area (Å²) in [6, 6.07) is 3.01. The number of halogens is 2. The molecule has 0 aromatic heterocycles. The van der Waals surface area contributed by atoms with Crippen LogP contribution in [0.15, 0.2) is 17.0 Å². The molecule has 21 heavy (non-hydrogen) atoms. The third-order valence-corrected chi connectivity index (χ3v) is 5.85. The van der Waals surface area contributed by atoms with Crippen molar-refractivity contribution < 1.29 is 8.42 Å². The van der Waals surface area contributed by atoms with Crippen LogP contribution in [0, 0.1) is 0 Å². The highest BCUT2D eigenvalue weighted by Gasteiger charge is 2.25. The summed E-state index contributed by atoms with van der Waals surface area (Å²) in [6.45, 7) is 1.42.